The summed E-state index contributed by atoms with van der Waals surface area (Å²) in [5.41, 5.74) is 3.94. The van der Waals surface area contributed by atoms with E-state index < -0.39 is 0 Å². The van der Waals surface area contributed by atoms with E-state index in [0.29, 0.717) is 24.5 Å². The van der Waals surface area contributed by atoms with Crippen molar-refractivity contribution in [2.24, 2.45) is 0 Å². The van der Waals surface area contributed by atoms with E-state index in [2.05, 4.69) is 47.1 Å². The van der Waals surface area contributed by atoms with Gasteiger partial charge in [0.1, 0.15) is 23.9 Å². The number of nitrogens with zero attached hydrogens (tertiary/aromatic N) is 2. The van der Waals surface area contributed by atoms with Gasteiger partial charge in [0.15, 0.2) is 0 Å². The molecule has 1 amide bonds. The summed E-state index contributed by atoms with van der Waals surface area (Å²) in [5.74, 6) is 2.46. The summed E-state index contributed by atoms with van der Waals surface area (Å²) in [4.78, 5) is 17.3. The molecule has 35 heavy (non-hydrogen) atoms. The predicted molar refractivity (Wildman–Crippen MR) is 139 cm³/mol. The molecular weight excluding hydrogens is 438 g/mol. The number of hydrogen-bond acceptors (Lipinski definition) is 4. The van der Waals surface area contributed by atoms with Gasteiger partial charge in [-0.05, 0) is 56.2 Å². The maximum absolute atomic E-state index is 12.4. The molecule has 3 aromatic carbocycles. The molecule has 6 heteroatoms. The number of aryl methyl sites for hydroxylation is 2. The molecule has 0 spiro atoms. The van der Waals surface area contributed by atoms with Crippen LogP contribution >= 0.6 is 0 Å². The zero-order chi connectivity index (χ0) is 24.5. The number of unbranched alkanes of at least 4 members (excludes halogenated alkanes) is 2. The van der Waals surface area contributed by atoms with E-state index in [1.165, 1.54) is 5.56 Å². The minimum absolute atomic E-state index is 0.0992. The zero-order valence-electron chi connectivity index (χ0n) is 20.5. The molecule has 0 atom stereocenters. The van der Waals surface area contributed by atoms with Crippen LogP contribution in [0.4, 0.5) is 0 Å². The number of para-hydroxylation sites is 3. The molecule has 4 aromatic rings. The first kappa shape index (κ1) is 24.3. The van der Waals surface area contributed by atoms with Crippen molar-refractivity contribution in [2.75, 3.05) is 20.3 Å². The number of methoxy groups -OCH3 is 1. The summed E-state index contributed by atoms with van der Waals surface area (Å²) in [6.45, 7) is 4.05. The first-order chi connectivity index (χ1) is 17.2. The van der Waals surface area contributed by atoms with Gasteiger partial charge in [0, 0.05) is 13.0 Å². The van der Waals surface area contributed by atoms with E-state index in [1.807, 2.05) is 30.3 Å². The van der Waals surface area contributed by atoms with E-state index in [1.54, 1.807) is 19.2 Å². The van der Waals surface area contributed by atoms with Gasteiger partial charge in [0.05, 0.1) is 30.3 Å². The first-order valence-corrected chi connectivity index (χ1v) is 12.2. The van der Waals surface area contributed by atoms with Crippen molar-refractivity contribution in [2.45, 2.75) is 39.2 Å². The van der Waals surface area contributed by atoms with Crippen LogP contribution in [-0.2, 0) is 13.0 Å². The van der Waals surface area contributed by atoms with Crippen LogP contribution in [0.2, 0.25) is 0 Å². The monoisotopic (exact) mass is 471 g/mol. The molecule has 182 valence electrons. The van der Waals surface area contributed by atoms with E-state index in [9.17, 15) is 4.79 Å². The molecule has 0 unspecified atom stereocenters. The first-order valence-electron chi connectivity index (χ1n) is 12.2. The third-order valence-electron chi connectivity index (χ3n) is 6.05. The van der Waals surface area contributed by atoms with Crippen LogP contribution in [-0.4, -0.2) is 35.7 Å². The Balaban J connectivity index is 1.27. The molecule has 6 nitrogen and oxygen atoms in total. The van der Waals surface area contributed by atoms with Crippen LogP contribution in [0, 0.1) is 6.92 Å². The third kappa shape index (κ3) is 6.41. The number of carbonyl (C=O) groups excluding carboxylic acids is 1. The molecule has 1 N–H and O–H groups in total. The van der Waals surface area contributed by atoms with E-state index >= 15 is 0 Å². The van der Waals surface area contributed by atoms with Crippen molar-refractivity contribution in [3.63, 3.8) is 0 Å². The van der Waals surface area contributed by atoms with Crippen LogP contribution in [0.15, 0.2) is 72.8 Å². The number of nitrogens with one attached hydrogen (secondary N) is 1. The van der Waals surface area contributed by atoms with Crippen molar-refractivity contribution >= 4 is 16.9 Å². The molecule has 0 aliphatic carbocycles. The average Bonchev–Trinajstić information content (AvgIpc) is 3.24. The number of amides is 1. The van der Waals surface area contributed by atoms with Crippen molar-refractivity contribution in [3.8, 4) is 11.5 Å². The Morgan fingerprint density at radius 3 is 2.54 bits per heavy atom. The molecule has 0 fully saturated rings. The number of hydrogen-bond donors (Lipinski definition) is 1. The van der Waals surface area contributed by atoms with Gasteiger partial charge in [0.2, 0.25) is 0 Å². The summed E-state index contributed by atoms with van der Waals surface area (Å²) in [6.07, 6.45) is 3.82. The lowest BCUT2D eigenvalue weighted by molar-refractivity contribution is 0.0950. The summed E-state index contributed by atoms with van der Waals surface area (Å²) >= 11 is 0. The summed E-state index contributed by atoms with van der Waals surface area (Å²) in [6, 6.07) is 23.7. The normalized spacial score (nSPS) is 10.9. The smallest absolute Gasteiger partial charge is 0.255 e. The summed E-state index contributed by atoms with van der Waals surface area (Å²) < 4.78 is 13.5. The fraction of sp³-hybridized carbons (Fsp3) is 0.310. The second kappa shape index (κ2) is 12.1. The Bertz CT molecular complexity index is 1250. The van der Waals surface area contributed by atoms with E-state index in [4.69, 9.17) is 14.5 Å². The second-order valence-electron chi connectivity index (χ2n) is 8.60. The highest BCUT2D eigenvalue weighted by Crippen LogP contribution is 2.19. The highest BCUT2D eigenvalue weighted by Gasteiger charge is 2.12. The number of carbonyl (C=O) groups is 1. The maximum atomic E-state index is 12.4. The summed E-state index contributed by atoms with van der Waals surface area (Å²) in [7, 11) is 1.58. The standard InChI is InChI=1S/C29H33N3O3/c1-22-15-17-23(18-16-22)35-21-20-32-26-12-7-6-11-25(26)31-28(32)14-4-3-9-19-30-29(33)24-10-5-8-13-27(24)34-2/h5-8,10-13,15-18H,3-4,9,14,19-21H2,1-2H3,(H,30,33). The van der Waals surface area contributed by atoms with Crippen molar-refractivity contribution in [3.05, 3.63) is 89.7 Å². The minimum atomic E-state index is -0.0992. The Kier molecular flexibility index (Phi) is 8.39. The lowest BCUT2D eigenvalue weighted by Gasteiger charge is -2.11. The Hall–Kier alpha value is -3.80. The van der Waals surface area contributed by atoms with E-state index in [-0.39, 0.29) is 5.91 Å². The van der Waals surface area contributed by atoms with Crippen LogP contribution < -0.4 is 14.8 Å². The molecule has 0 aliphatic heterocycles. The quantitative estimate of drug-likeness (QED) is 0.274. The maximum Gasteiger partial charge on any atom is 0.255 e. The summed E-state index contributed by atoms with van der Waals surface area (Å²) in [5, 5.41) is 3.00. The number of aromatic nitrogens is 2. The molecule has 1 heterocycles. The van der Waals surface area contributed by atoms with Gasteiger partial charge >= 0.3 is 0 Å². The fourth-order valence-electron chi connectivity index (χ4n) is 4.17. The van der Waals surface area contributed by atoms with Crippen LogP contribution in [0.5, 0.6) is 11.5 Å². The molecule has 0 saturated carbocycles. The second-order valence-corrected chi connectivity index (χ2v) is 8.60. The third-order valence-corrected chi connectivity index (χ3v) is 6.05. The number of benzene rings is 3. The van der Waals surface area contributed by atoms with Crippen molar-refractivity contribution < 1.29 is 14.3 Å². The molecule has 1 aromatic heterocycles. The number of imidazole rings is 1. The van der Waals surface area contributed by atoms with Gasteiger partial charge in [0.25, 0.3) is 5.91 Å². The Labute approximate surface area is 206 Å². The minimum Gasteiger partial charge on any atom is -0.496 e. The van der Waals surface area contributed by atoms with Crippen LogP contribution in [0.25, 0.3) is 11.0 Å². The Morgan fingerprint density at radius 1 is 0.943 bits per heavy atom. The number of rotatable bonds is 12. The van der Waals surface area contributed by atoms with Gasteiger partial charge in [-0.15, -0.1) is 0 Å². The molecule has 0 radical (unpaired) electrons. The van der Waals surface area contributed by atoms with Crippen LogP contribution in [0.1, 0.15) is 41.0 Å². The fourth-order valence-corrected chi connectivity index (χ4v) is 4.17. The van der Waals surface area contributed by atoms with Gasteiger partial charge in [-0.25, -0.2) is 4.98 Å². The number of fused-ring (bicyclic) bond motifs is 1. The molecular formula is C29H33N3O3. The van der Waals surface area contributed by atoms with Gasteiger partial charge in [-0.3, -0.25) is 4.79 Å². The van der Waals surface area contributed by atoms with Crippen molar-refractivity contribution in [1.82, 2.24) is 14.9 Å². The topological polar surface area (TPSA) is 65.4 Å². The highest BCUT2D eigenvalue weighted by atomic mass is 16.5. The van der Waals surface area contributed by atoms with Crippen LogP contribution in [0.3, 0.4) is 0 Å². The largest absolute Gasteiger partial charge is 0.496 e. The molecule has 4 rings (SSSR count). The number of ether oxygens (including phenoxy) is 2. The molecule has 0 bridgehead atoms. The van der Waals surface area contributed by atoms with E-state index in [0.717, 1.165) is 54.8 Å². The Morgan fingerprint density at radius 2 is 1.71 bits per heavy atom. The predicted octanol–water partition coefficient (Wildman–Crippen LogP) is 5.58. The molecule has 0 saturated heterocycles. The zero-order valence-corrected chi connectivity index (χ0v) is 20.5. The highest BCUT2D eigenvalue weighted by molar-refractivity contribution is 5.96. The van der Waals surface area contributed by atoms with Gasteiger partial charge in [-0.1, -0.05) is 48.4 Å². The SMILES string of the molecule is COc1ccccc1C(=O)NCCCCCc1nc2ccccc2n1CCOc1ccc(C)cc1. The van der Waals surface area contributed by atoms with Gasteiger partial charge < -0.3 is 19.4 Å². The van der Waals surface area contributed by atoms with Crippen molar-refractivity contribution in [1.29, 1.82) is 0 Å². The lowest BCUT2D eigenvalue weighted by atomic mass is 10.1. The molecule has 0 aliphatic rings. The average molecular weight is 472 g/mol. The lowest BCUT2D eigenvalue weighted by Crippen LogP contribution is -2.24. The van der Waals surface area contributed by atoms with Gasteiger partial charge in [-0.2, -0.15) is 0 Å².